The fourth-order valence-corrected chi connectivity index (χ4v) is 4.49. The summed E-state index contributed by atoms with van der Waals surface area (Å²) in [7, 11) is 0. The third kappa shape index (κ3) is 6.40. The zero-order chi connectivity index (χ0) is 16.1. The van der Waals surface area contributed by atoms with Gasteiger partial charge < -0.3 is 10.6 Å². The summed E-state index contributed by atoms with van der Waals surface area (Å²) in [5.41, 5.74) is 0. The third-order valence-electron chi connectivity index (χ3n) is 5.23. The lowest BCUT2D eigenvalue weighted by Crippen LogP contribution is -2.49. The molecule has 3 heterocycles. The van der Waals surface area contributed by atoms with E-state index in [2.05, 4.69) is 40.0 Å². The molecule has 0 saturated carbocycles. The van der Waals surface area contributed by atoms with Crippen molar-refractivity contribution in [2.24, 2.45) is 5.92 Å². The highest BCUT2D eigenvalue weighted by Crippen LogP contribution is 2.29. The standard InChI is InChI=1S/C18H29N3OS.2ClH/c1-14-7-10-21(11-8-14)16(17-6-4-12-23-17)13-20-18(22)15-5-2-3-9-19-15;;/h4,6,12,14-16,19H,2-3,5,7-11,13H2,1H3,(H,20,22);2*1H. The van der Waals surface area contributed by atoms with E-state index in [9.17, 15) is 4.79 Å². The van der Waals surface area contributed by atoms with Crippen molar-refractivity contribution < 1.29 is 4.79 Å². The minimum atomic E-state index is 0. The van der Waals surface area contributed by atoms with E-state index < -0.39 is 0 Å². The minimum Gasteiger partial charge on any atom is -0.353 e. The number of carbonyl (C=O) groups is 1. The van der Waals surface area contributed by atoms with Crippen LogP contribution in [0.25, 0.3) is 0 Å². The molecular weight excluding hydrogens is 377 g/mol. The number of piperidine rings is 2. The summed E-state index contributed by atoms with van der Waals surface area (Å²) in [5, 5.41) is 8.69. The van der Waals surface area contributed by atoms with Gasteiger partial charge in [-0.25, -0.2) is 0 Å². The van der Waals surface area contributed by atoms with Gasteiger partial charge in [-0.15, -0.1) is 36.2 Å². The van der Waals surface area contributed by atoms with Crippen LogP contribution < -0.4 is 10.6 Å². The third-order valence-corrected chi connectivity index (χ3v) is 6.20. The number of rotatable bonds is 5. The number of hydrogen-bond donors (Lipinski definition) is 2. The molecule has 0 radical (unpaired) electrons. The Balaban J connectivity index is 0.00000156. The lowest BCUT2D eigenvalue weighted by molar-refractivity contribution is -0.124. The number of hydrogen-bond acceptors (Lipinski definition) is 4. The van der Waals surface area contributed by atoms with Gasteiger partial charge in [-0.3, -0.25) is 9.69 Å². The number of carbonyl (C=O) groups excluding carboxylic acids is 1. The van der Waals surface area contributed by atoms with Gasteiger partial charge in [-0.2, -0.15) is 0 Å². The molecule has 2 unspecified atom stereocenters. The summed E-state index contributed by atoms with van der Waals surface area (Å²) >= 11 is 1.80. The van der Waals surface area contributed by atoms with Gasteiger partial charge in [0.2, 0.25) is 5.91 Å². The van der Waals surface area contributed by atoms with Crippen LogP contribution in [0.5, 0.6) is 0 Å². The maximum Gasteiger partial charge on any atom is 0.237 e. The predicted octanol–water partition coefficient (Wildman–Crippen LogP) is 3.62. The molecule has 2 saturated heterocycles. The first-order valence-corrected chi connectivity index (χ1v) is 9.90. The second kappa shape index (κ2) is 11.4. The summed E-state index contributed by atoms with van der Waals surface area (Å²) in [6.07, 6.45) is 5.84. The van der Waals surface area contributed by atoms with Gasteiger partial charge in [0.1, 0.15) is 0 Å². The smallest absolute Gasteiger partial charge is 0.237 e. The number of amides is 1. The first-order chi connectivity index (χ1) is 11.2. The van der Waals surface area contributed by atoms with Crippen LogP contribution in [-0.2, 0) is 4.79 Å². The molecule has 2 aliphatic rings. The van der Waals surface area contributed by atoms with E-state index in [4.69, 9.17) is 0 Å². The number of nitrogens with one attached hydrogen (secondary N) is 2. The Hall–Kier alpha value is -0.330. The van der Waals surface area contributed by atoms with Crippen LogP contribution in [0.15, 0.2) is 17.5 Å². The van der Waals surface area contributed by atoms with Crippen molar-refractivity contribution in [2.75, 3.05) is 26.2 Å². The Morgan fingerprint density at radius 3 is 2.68 bits per heavy atom. The maximum atomic E-state index is 12.4. The Bertz CT molecular complexity index is 487. The fourth-order valence-electron chi connectivity index (χ4n) is 3.63. The Labute approximate surface area is 167 Å². The monoisotopic (exact) mass is 407 g/mol. The van der Waals surface area contributed by atoms with Crippen LogP contribution in [-0.4, -0.2) is 43.0 Å². The molecule has 2 atom stereocenters. The van der Waals surface area contributed by atoms with E-state index in [1.807, 2.05) is 0 Å². The quantitative estimate of drug-likeness (QED) is 0.782. The summed E-state index contributed by atoms with van der Waals surface area (Å²) in [5.74, 6) is 1.01. The first kappa shape index (κ1) is 22.7. The average Bonchev–Trinajstić information content (AvgIpc) is 3.11. The Morgan fingerprint density at radius 1 is 1.32 bits per heavy atom. The van der Waals surface area contributed by atoms with Crippen molar-refractivity contribution in [2.45, 2.75) is 51.1 Å². The number of thiophene rings is 1. The molecule has 2 fully saturated rings. The molecular formula is C18H31Cl2N3OS. The number of halogens is 2. The molecule has 25 heavy (non-hydrogen) atoms. The Morgan fingerprint density at radius 2 is 2.08 bits per heavy atom. The van der Waals surface area contributed by atoms with Crippen molar-refractivity contribution in [3.05, 3.63) is 22.4 Å². The highest BCUT2D eigenvalue weighted by Gasteiger charge is 2.27. The number of nitrogens with zero attached hydrogens (tertiary/aromatic N) is 1. The molecule has 0 aromatic carbocycles. The second-order valence-corrected chi connectivity index (χ2v) is 7.98. The van der Waals surface area contributed by atoms with E-state index in [-0.39, 0.29) is 36.8 Å². The van der Waals surface area contributed by atoms with Crippen LogP contribution in [0.3, 0.4) is 0 Å². The molecule has 1 amide bonds. The highest BCUT2D eigenvalue weighted by atomic mass is 35.5. The lowest BCUT2D eigenvalue weighted by atomic mass is 9.97. The van der Waals surface area contributed by atoms with Gasteiger partial charge in [0, 0.05) is 11.4 Å². The van der Waals surface area contributed by atoms with E-state index in [0.29, 0.717) is 6.04 Å². The van der Waals surface area contributed by atoms with E-state index in [0.717, 1.165) is 44.9 Å². The van der Waals surface area contributed by atoms with Gasteiger partial charge >= 0.3 is 0 Å². The summed E-state index contributed by atoms with van der Waals surface area (Å²) in [6, 6.07) is 4.66. The van der Waals surface area contributed by atoms with Gasteiger partial charge in [0.15, 0.2) is 0 Å². The zero-order valence-corrected chi connectivity index (χ0v) is 17.4. The summed E-state index contributed by atoms with van der Waals surface area (Å²) in [4.78, 5) is 16.3. The van der Waals surface area contributed by atoms with E-state index in [1.54, 1.807) is 11.3 Å². The van der Waals surface area contributed by atoms with Gasteiger partial charge in [0.25, 0.3) is 0 Å². The lowest BCUT2D eigenvalue weighted by Gasteiger charge is -2.36. The fraction of sp³-hybridized carbons (Fsp3) is 0.722. The molecule has 4 nitrogen and oxygen atoms in total. The van der Waals surface area contributed by atoms with Crippen molar-refractivity contribution in [3.8, 4) is 0 Å². The predicted molar refractivity (Wildman–Crippen MR) is 110 cm³/mol. The summed E-state index contributed by atoms with van der Waals surface area (Å²) < 4.78 is 0. The molecule has 2 aliphatic heterocycles. The Kier molecular flexibility index (Phi) is 10.4. The van der Waals surface area contributed by atoms with Gasteiger partial charge in [0.05, 0.1) is 12.1 Å². The molecule has 0 aliphatic carbocycles. The van der Waals surface area contributed by atoms with Crippen molar-refractivity contribution in [1.29, 1.82) is 0 Å². The molecule has 0 bridgehead atoms. The maximum absolute atomic E-state index is 12.4. The molecule has 2 N–H and O–H groups in total. The van der Waals surface area contributed by atoms with Crippen molar-refractivity contribution in [1.82, 2.24) is 15.5 Å². The topological polar surface area (TPSA) is 44.4 Å². The van der Waals surface area contributed by atoms with Crippen LogP contribution >= 0.6 is 36.2 Å². The molecule has 1 aromatic heterocycles. The largest absolute Gasteiger partial charge is 0.353 e. The van der Waals surface area contributed by atoms with Gasteiger partial charge in [-0.05, 0) is 62.7 Å². The van der Waals surface area contributed by atoms with E-state index in [1.165, 1.54) is 24.1 Å². The molecule has 7 heteroatoms. The zero-order valence-electron chi connectivity index (χ0n) is 14.9. The summed E-state index contributed by atoms with van der Waals surface area (Å²) in [6.45, 7) is 6.32. The average molecular weight is 408 g/mol. The molecule has 3 rings (SSSR count). The SMILES string of the molecule is CC1CCN(C(CNC(=O)C2CCCCN2)c2cccs2)CC1.Cl.Cl. The molecule has 1 aromatic rings. The first-order valence-electron chi connectivity index (χ1n) is 9.02. The molecule has 144 valence electrons. The highest BCUT2D eigenvalue weighted by molar-refractivity contribution is 7.10. The second-order valence-electron chi connectivity index (χ2n) is 7.00. The van der Waals surface area contributed by atoms with Crippen LogP contribution in [0.2, 0.25) is 0 Å². The molecule has 0 spiro atoms. The van der Waals surface area contributed by atoms with Gasteiger partial charge in [-0.1, -0.05) is 19.4 Å². The van der Waals surface area contributed by atoms with Crippen molar-refractivity contribution >= 4 is 42.1 Å². The van der Waals surface area contributed by atoms with Crippen molar-refractivity contribution in [3.63, 3.8) is 0 Å². The van der Waals surface area contributed by atoms with Crippen LogP contribution in [0, 0.1) is 5.92 Å². The normalized spacial score (nSPS) is 23.2. The van der Waals surface area contributed by atoms with E-state index >= 15 is 0 Å². The van der Waals surface area contributed by atoms with Crippen LogP contribution in [0.4, 0.5) is 0 Å². The minimum absolute atomic E-state index is 0. The number of likely N-dealkylation sites (tertiary alicyclic amines) is 1. The van der Waals surface area contributed by atoms with Crippen LogP contribution in [0.1, 0.15) is 49.9 Å².